The Kier molecular flexibility index (Phi) is 7.12. The number of nitrogens with zero attached hydrogens (tertiary/aromatic N) is 6. The van der Waals surface area contributed by atoms with Gasteiger partial charge in [-0.15, -0.1) is 0 Å². The van der Waals surface area contributed by atoms with E-state index in [1.165, 1.54) is 5.69 Å². The highest BCUT2D eigenvalue weighted by atomic mass is 16.3. The minimum atomic E-state index is -0.325. The molecule has 2 fully saturated rings. The number of aliphatic hydroxyl groups is 1. The Balaban J connectivity index is 0.00000137. The zero-order chi connectivity index (χ0) is 26.3. The fraction of sp³-hybridized carbons (Fsp3) is 0.552. The lowest BCUT2D eigenvalue weighted by molar-refractivity contribution is -0.128. The first-order chi connectivity index (χ1) is 17.9. The highest BCUT2D eigenvalue weighted by Crippen LogP contribution is 2.36. The molecule has 5 heterocycles. The Bertz CT molecular complexity index is 1310. The maximum Gasteiger partial charge on any atom is 0.254 e. The van der Waals surface area contributed by atoms with Crippen molar-refractivity contribution in [3.8, 4) is 0 Å². The molecule has 0 unspecified atom stereocenters. The van der Waals surface area contributed by atoms with E-state index in [4.69, 9.17) is 10.1 Å². The molecule has 0 bridgehead atoms. The van der Waals surface area contributed by atoms with E-state index < -0.39 is 0 Å². The summed E-state index contributed by atoms with van der Waals surface area (Å²) in [5, 5.41) is 15.1. The molecule has 0 radical (unpaired) electrons. The Morgan fingerprint density at radius 2 is 2.00 bits per heavy atom. The van der Waals surface area contributed by atoms with Crippen LogP contribution in [0.1, 0.15) is 75.0 Å². The van der Waals surface area contributed by atoms with E-state index in [-0.39, 0.29) is 24.0 Å². The van der Waals surface area contributed by atoms with Gasteiger partial charge in [-0.1, -0.05) is 26.8 Å². The molecule has 198 valence electrons. The number of piperidine rings is 1. The lowest BCUT2D eigenvalue weighted by atomic mass is 9.92. The molecule has 8 nitrogen and oxygen atoms in total. The number of fused-ring (bicyclic) bond motifs is 2. The van der Waals surface area contributed by atoms with E-state index in [0.29, 0.717) is 6.54 Å². The van der Waals surface area contributed by atoms with Crippen molar-refractivity contribution in [2.24, 2.45) is 13.0 Å². The van der Waals surface area contributed by atoms with Crippen molar-refractivity contribution >= 4 is 22.9 Å². The van der Waals surface area contributed by atoms with Crippen molar-refractivity contribution < 1.29 is 9.90 Å². The molecule has 3 aromatic rings. The summed E-state index contributed by atoms with van der Waals surface area (Å²) in [6.45, 7) is 10.3. The second kappa shape index (κ2) is 10.3. The van der Waals surface area contributed by atoms with Crippen molar-refractivity contribution in [1.82, 2.24) is 24.1 Å². The summed E-state index contributed by atoms with van der Waals surface area (Å²) in [6, 6.07) is 4.07. The lowest BCUT2D eigenvalue weighted by Crippen LogP contribution is -2.39. The third-order valence-electron chi connectivity index (χ3n) is 8.05. The van der Waals surface area contributed by atoms with Crippen molar-refractivity contribution in [2.75, 3.05) is 24.5 Å². The van der Waals surface area contributed by atoms with Crippen LogP contribution in [-0.4, -0.2) is 60.8 Å². The fourth-order valence-corrected chi connectivity index (χ4v) is 6.05. The number of β-amino-alcohol motifs (C(OH)–C–C–N with tert-alkyl or cyclic N) is 1. The Hall–Kier alpha value is -3.13. The zero-order valence-electron chi connectivity index (χ0n) is 22.8. The molecule has 1 N–H and O–H groups in total. The maximum absolute atomic E-state index is 13.8. The molecule has 1 aliphatic carbocycles. The van der Waals surface area contributed by atoms with Gasteiger partial charge in [-0.3, -0.25) is 4.79 Å². The topological polar surface area (TPSA) is 78.9 Å². The molecule has 6 rings (SSSR count). The van der Waals surface area contributed by atoms with Gasteiger partial charge in [0.2, 0.25) is 0 Å². The van der Waals surface area contributed by atoms with E-state index in [2.05, 4.69) is 41.8 Å². The number of aryl methyl sites for hydroxylation is 2. The predicted octanol–water partition coefficient (Wildman–Crippen LogP) is 4.30. The summed E-state index contributed by atoms with van der Waals surface area (Å²) in [5.41, 5.74) is 5.88. The molecular formula is C29H40N6O2. The first-order valence-corrected chi connectivity index (χ1v) is 13.9. The van der Waals surface area contributed by atoms with Gasteiger partial charge >= 0.3 is 0 Å². The first-order valence-electron chi connectivity index (χ1n) is 13.9. The minimum absolute atomic E-state index is 0.0506. The molecule has 1 amide bonds. The Morgan fingerprint density at radius 3 is 2.76 bits per heavy atom. The number of carbonyl (C=O) groups excluding carboxylic acids is 1. The third kappa shape index (κ3) is 4.56. The Morgan fingerprint density at radius 1 is 1.19 bits per heavy atom. The maximum atomic E-state index is 13.8. The zero-order valence-corrected chi connectivity index (χ0v) is 22.8. The number of allylic oxidation sites excluding steroid dienone is 1. The van der Waals surface area contributed by atoms with Crippen LogP contribution < -0.4 is 4.90 Å². The predicted molar refractivity (Wildman–Crippen MR) is 146 cm³/mol. The summed E-state index contributed by atoms with van der Waals surface area (Å²) in [7, 11) is 2.05. The molecule has 0 aromatic carbocycles. The van der Waals surface area contributed by atoms with Crippen molar-refractivity contribution in [3.63, 3.8) is 0 Å². The van der Waals surface area contributed by atoms with Crippen LogP contribution >= 0.6 is 0 Å². The van der Waals surface area contributed by atoms with Crippen molar-refractivity contribution in [1.29, 1.82) is 0 Å². The Labute approximate surface area is 219 Å². The quantitative estimate of drug-likeness (QED) is 0.575. The van der Waals surface area contributed by atoms with Crippen LogP contribution in [0.25, 0.3) is 11.2 Å². The van der Waals surface area contributed by atoms with Crippen LogP contribution in [0.5, 0.6) is 0 Å². The van der Waals surface area contributed by atoms with Gasteiger partial charge in [-0.25, -0.2) is 9.50 Å². The fourth-order valence-electron chi connectivity index (χ4n) is 6.05. The van der Waals surface area contributed by atoms with Gasteiger partial charge in [0.1, 0.15) is 5.82 Å². The lowest BCUT2D eigenvalue weighted by Gasteiger charge is -2.35. The molecule has 0 spiro atoms. The molecular weight excluding hydrogens is 464 g/mol. The second-order valence-corrected chi connectivity index (χ2v) is 10.5. The number of hydrogen-bond acceptors (Lipinski definition) is 5. The van der Waals surface area contributed by atoms with E-state index in [9.17, 15) is 9.90 Å². The molecule has 0 saturated carbocycles. The summed E-state index contributed by atoms with van der Waals surface area (Å²) in [5.74, 6) is 1.26. The van der Waals surface area contributed by atoms with Crippen LogP contribution in [0.15, 0.2) is 30.6 Å². The average Bonchev–Trinajstić information content (AvgIpc) is 3.60. The number of aliphatic hydroxyl groups excluding tert-OH is 1. The SMILES string of the molecule is CC.Cc1cn2nc([C@@H]3CCCCN3C(=O)C3=CCCc4c3ccn4C)cc2nc1N1C[C@@H](C)[C@@H](O)C1. The van der Waals surface area contributed by atoms with E-state index in [1.54, 1.807) is 0 Å². The van der Waals surface area contributed by atoms with Crippen LogP contribution in [0.3, 0.4) is 0 Å². The number of likely N-dealkylation sites (tertiary alicyclic amines) is 1. The molecule has 37 heavy (non-hydrogen) atoms. The number of carbonyl (C=O) groups is 1. The summed E-state index contributed by atoms with van der Waals surface area (Å²) < 4.78 is 3.98. The van der Waals surface area contributed by atoms with Gasteiger partial charge in [0, 0.05) is 73.5 Å². The van der Waals surface area contributed by atoms with Gasteiger partial charge in [0.15, 0.2) is 5.65 Å². The van der Waals surface area contributed by atoms with Crippen LogP contribution in [0.4, 0.5) is 5.82 Å². The molecule has 3 atom stereocenters. The molecule has 3 aromatic heterocycles. The highest BCUT2D eigenvalue weighted by Gasteiger charge is 2.34. The minimum Gasteiger partial charge on any atom is -0.391 e. The number of aromatic nitrogens is 4. The third-order valence-corrected chi connectivity index (χ3v) is 8.05. The number of rotatable bonds is 3. The smallest absolute Gasteiger partial charge is 0.254 e. The van der Waals surface area contributed by atoms with Gasteiger partial charge in [-0.05, 0) is 45.1 Å². The van der Waals surface area contributed by atoms with Crippen LogP contribution in [0, 0.1) is 12.8 Å². The van der Waals surface area contributed by atoms with E-state index in [0.717, 1.165) is 79.1 Å². The first kappa shape index (κ1) is 25.5. The van der Waals surface area contributed by atoms with E-state index >= 15 is 0 Å². The largest absolute Gasteiger partial charge is 0.391 e. The number of amides is 1. The molecule has 3 aliphatic rings. The standard InChI is InChI=1S/C27H34N6O2.C2H6/c1-17-14-31(16-24(17)34)26-18(2)15-33-25(28-26)13-21(29-33)23-8-4-5-11-32(23)27(35)20-7-6-9-22-19(20)10-12-30(22)3;1-2/h7,10,12-13,15,17,23-24,34H,4-6,8-9,11,14,16H2,1-3H3;1-2H3/t17-,23+,24+;/m1./s1. The molecule has 2 aliphatic heterocycles. The summed E-state index contributed by atoms with van der Waals surface area (Å²) >= 11 is 0. The number of hydrogen-bond donors (Lipinski definition) is 1. The average molecular weight is 505 g/mol. The van der Waals surface area contributed by atoms with Crippen molar-refractivity contribution in [3.05, 3.63) is 53.1 Å². The monoisotopic (exact) mass is 504 g/mol. The van der Waals surface area contributed by atoms with Crippen LogP contribution in [-0.2, 0) is 18.3 Å². The summed E-state index contributed by atoms with van der Waals surface area (Å²) in [6.07, 6.45) is 10.7. The van der Waals surface area contributed by atoms with Gasteiger partial charge < -0.3 is 19.5 Å². The van der Waals surface area contributed by atoms with Crippen LogP contribution in [0.2, 0.25) is 0 Å². The van der Waals surface area contributed by atoms with Gasteiger partial charge in [0.25, 0.3) is 5.91 Å². The van der Waals surface area contributed by atoms with E-state index in [1.807, 2.05) is 42.4 Å². The highest BCUT2D eigenvalue weighted by molar-refractivity contribution is 6.20. The molecule has 2 saturated heterocycles. The van der Waals surface area contributed by atoms with Gasteiger partial charge in [-0.2, -0.15) is 5.10 Å². The van der Waals surface area contributed by atoms with Gasteiger partial charge in [0.05, 0.1) is 17.8 Å². The normalized spacial score (nSPS) is 23.5. The van der Waals surface area contributed by atoms with Crippen molar-refractivity contribution in [2.45, 2.75) is 71.9 Å². The molecule has 8 heteroatoms. The summed E-state index contributed by atoms with van der Waals surface area (Å²) in [4.78, 5) is 23.0. The second-order valence-electron chi connectivity index (χ2n) is 10.5. The number of anilines is 1.